The van der Waals surface area contributed by atoms with Crippen molar-refractivity contribution in [3.05, 3.63) is 52.2 Å². The molecule has 1 aliphatic rings. The van der Waals surface area contributed by atoms with Gasteiger partial charge in [0.05, 0.1) is 21.5 Å². The average Bonchev–Trinajstić information content (AvgIpc) is 3.06. The van der Waals surface area contributed by atoms with E-state index in [1.807, 2.05) is 12.1 Å². The van der Waals surface area contributed by atoms with E-state index in [1.165, 1.54) is 11.3 Å². The molecule has 0 fully saturated rings. The number of thiophene rings is 1. The van der Waals surface area contributed by atoms with Crippen molar-refractivity contribution in [1.29, 1.82) is 0 Å². The topological polar surface area (TPSA) is 87.6 Å². The molecular weight excluding hydrogens is 346 g/mol. The summed E-state index contributed by atoms with van der Waals surface area (Å²) in [5, 5.41) is 4.06. The number of carbonyl (C=O) groups excluding carboxylic acids is 1. The van der Waals surface area contributed by atoms with E-state index in [4.69, 9.17) is 0 Å². The van der Waals surface area contributed by atoms with E-state index < -0.39 is 10.0 Å². The number of benzene rings is 1. The van der Waals surface area contributed by atoms with Crippen molar-refractivity contribution in [3.63, 3.8) is 0 Å². The highest BCUT2D eigenvalue weighted by molar-refractivity contribution is 7.89. The monoisotopic (exact) mass is 363 g/mol. The third kappa shape index (κ3) is 3.72. The summed E-state index contributed by atoms with van der Waals surface area (Å²) in [5.74, 6) is -0.0838. The van der Waals surface area contributed by atoms with Gasteiger partial charge in [-0.05, 0) is 31.2 Å². The van der Waals surface area contributed by atoms with Crippen LogP contribution in [0.3, 0.4) is 0 Å². The average molecular weight is 363 g/mol. The van der Waals surface area contributed by atoms with E-state index in [0.717, 1.165) is 15.5 Å². The smallest absolute Gasteiger partial charge is 0.241 e. The van der Waals surface area contributed by atoms with Crippen LogP contribution in [0.1, 0.15) is 35.6 Å². The van der Waals surface area contributed by atoms with Crippen molar-refractivity contribution in [2.45, 2.75) is 30.7 Å². The molecule has 3 rings (SSSR count). The summed E-state index contributed by atoms with van der Waals surface area (Å²) < 4.78 is 27.5. The molecular formula is C16H17N3O3S2. The standard InChI is InChI=1S/C16H17N3O3S2/c1-11(19-24(21,22)12-5-3-2-4-6-12)14-8-9-15(23-14)13-7-10-16(20)18-17-13/h2-6,8-9,11,19H,7,10H2,1H3,(H,18,20). The van der Waals surface area contributed by atoms with E-state index in [1.54, 1.807) is 37.3 Å². The molecule has 1 unspecified atom stereocenters. The molecule has 8 heteroatoms. The Bertz CT molecular complexity index is 873. The third-order valence-electron chi connectivity index (χ3n) is 3.63. The molecule has 6 nitrogen and oxygen atoms in total. The molecule has 1 amide bonds. The van der Waals surface area contributed by atoms with Gasteiger partial charge >= 0.3 is 0 Å². The first-order chi connectivity index (χ1) is 11.5. The predicted molar refractivity (Wildman–Crippen MR) is 93.4 cm³/mol. The number of hydrazone groups is 1. The van der Waals surface area contributed by atoms with Crippen molar-refractivity contribution < 1.29 is 13.2 Å². The SMILES string of the molecule is CC(NS(=O)(=O)c1ccccc1)c1ccc(C2=NNC(=O)CC2)s1. The highest BCUT2D eigenvalue weighted by atomic mass is 32.2. The Labute approximate surface area is 144 Å². The number of hydrogen-bond acceptors (Lipinski definition) is 5. The number of amides is 1. The molecule has 2 aromatic rings. The summed E-state index contributed by atoms with van der Waals surface area (Å²) in [6.07, 6.45) is 1.01. The Kier molecular flexibility index (Phi) is 4.79. The summed E-state index contributed by atoms with van der Waals surface area (Å²) >= 11 is 1.48. The van der Waals surface area contributed by atoms with Crippen LogP contribution in [-0.2, 0) is 14.8 Å². The second kappa shape index (κ2) is 6.84. The molecule has 0 saturated heterocycles. The minimum absolute atomic E-state index is 0.0838. The zero-order chi connectivity index (χ0) is 17.2. The molecule has 0 aliphatic carbocycles. The van der Waals surface area contributed by atoms with Gasteiger partial charge in [0, 0.05) is 17.7 Å². The Morgan fingerprint density at radius 2 is 1.92 bits per heavy atom. The fraction of sp³-hybridized carbons (Fsp3) is 0.250. The molecule has 126 valence electrons. The first-order valence-corrected chi connectivity index (χ1v) is 9.78. The molecule has 0 radical (unpaired) electrons. The van der Waals surface area contributed by atoms with Crippen LogP contribution >= 0.6 is 11.3 Å². The molecule has 1 aliphatic heterocycles. The Balaban J connectivity index is 1.75. The van der Waals surface area contributed by atoms with Gasteiger partial charge < -0.3 is 0 Å². The Morgan fingerprint density at radius 1 is 1.17 bits per heavy atom. The molecule has 0 spiro atoms. The van der Waals surface area contributed by atoms with E-state index in [0.29, 0.717) is 12.8 Å². The zero-order valence-electron chi connectivity index (χ0n) is 13.0. The Hall–Kier alpha value is -2.03. The fourth-order valence-corrected chi connectivity index (χ4v) is 4.70. The number of sulfonamides is 1. The van der Waals surface area contributed by atoms with Crippen molar-refractivity contribution in [3.8, 4) is 0 Å². The lowest BCUT2D eigenvalue weighted by molar-refractivity contribution is -0.121. The lowest BCUT2D eigenvalue weighted by Crippen LogP contribution is -2.26. The normalized spacial score (nSPS) is 16.4. The summed E-state index contributed by atoms with van der Waals surface area (Å²) in [7, 11) is -3.56. The van der Waals surface area contributed by atoms with Crippen LogP contribution in [0.25, 0.3) is 0 Å². The van der Waals surface area contributed by atoms with Crippen LogP contribution in [0.2, 0.25) is 0 Å². The summed E-state index contributed by atoms with van der Waals surface area (Å²) in [5.41, 5.74) is 3.30. The van der Waals surface area contributed by atoms with E-state index >= 15 is 0 Å². The van der Waals surface area contributed by atoms with Gasteiger partial charge in [0.2, 0.25) is 15.9 Å². The maximum absolute atomic E-state index is 12.4. The van der Waals surface area contributed by atoms with Gasteiger partial charge in [-0.15, -0.1) is 11.3 Å². The second-order valence-corrected chi connectivity index (χ2v) is 8.28. The van der Waals surface area contributed by atoms with Crippen LogP contribution in [0, 0.1) is 0 Å². The quantitative estimate of drug-likeness (QED) is 0.855. The Morgan fingerprint density at radius 3 is 2.58 bits per heavy atom. The van der Waals surface area contributed by atoms with Crippen molar-refractivity contribution in [2.24, 2.45) is 5.10 Å². The van der Waals surface area contributed by atoms with Crippen LogP contribution < -0.4 is 10.1 Å². The fourth-order valence-electron chi connectivity index (χ4n) is 2.35. The van der Waals surface area contributed by atoms with Crippen LogP contribution in [0.15, 0.2) is 52.5 Å². The number of nitrogens with one attached hydrogen (secondary N) is 2. The van der Waals surface area contributed by atoms with Gasteiger partial charge in [0.1, 0.15) is 0 Å². The van der Waals surface area contributed by atoms with Gasteiger partial charge in [-0.25, -0.2) is 18.6 Å². The van der Waals surface area contributed by atoms with Crippen LogP contribution in [0.5, 0.6) is 0 Å². The third-order valence-corrected chi connectivity index (χ3v) is 6.50. The van der Waals surface area contributed by atoms with E-state index in [2.05, 4.69) is 15.2 Å². The maximum atomic E-state index is 12.4. The summed E-state index contributed by atoms with van der Waals surface area (Å²) in [6.45, 7) is 1.81. The molecule has 0 saturated carbocycles. The minimum atomic E-state index is -3.56. The number of carbonyl (C=O) groups is 1. The molecule has 2 N–H and O–H groups in total. The van der Waals surface area contributed by atoms with Gasteiger partial charge in [-0.1, -0.05) is 18.2 Å². The molecule has 1 aromatic heterocycles. The minimum Gasteiger partial charge on any atom is -0.273 e. The molecule has 0 bridgehead atoms. The van der Waals surface area contributed by atoms with Crippen LogP contribution in [-0.4, -0.2) is 20.0 Å². The largest absolute Gasteiger partial charge is 0.273 e. The second-order valence-electron chi connectivity index (χ2n) is 5.45. The van der Waals surface area contributed by atoms with E-state index in [9.17, 15) is 13.2 Å². The van der Waals surface area contributed by atoms with E-state index in [-0.39, 0.29) is 16.8 Å². The van der Waals surface area contributed by atoms with Crippen molar-refractivity contribution >= 4 is 33.0 Å². The molecule has 24 heavy (non-hydrogen) atoms. The van der Waals surface area contributed by atoms with Gasteiger partial charge in [0.15, 0.2) is 0 Å². The van der Waals surface area contributed by atoms with Crippen molar-refractivity contribution in [2.75, 3.05) is 0 Å². The number of rotatable bonds is 5. The number of nitrogens with zero attached hydrogens (tertiary/aromatic N) is 1. The highest BCUT2D eigenvalue weighted by Gasteiger charge is 2.21. The molecule has 2 heterocycles. The lowest BCUT2D eigenvalue weighted by Gasteiger charge is -2.13. The zero-order valence-corrected chi connectivity index (χ0v) is 14.7. The lowest BCUT2D eigenvalue weighted by atomic mass is 10.1. The molecule has 1 aromatic carbocycles. The predicted octanol–water partition coefficient (Wildman–Crippen LogP) is 2.40. The maximum Gasteiger partial charge on any atom is 0.241 e. The van der Waals surface area contributed by atoms with Gasteiger partial charge in [-0.2, -0.15) is 5.10 Å². The summed E-state index contributed by atoms with van der Waals surface area (Å²) in [6, 6.07) is 11.7. The van der Waals surface area contributed by atoms with Gasteiger partial charge in [-0.3, -0.25) is 4.79 Å². The first-order valence-electron chi connectivity index (χ1n) is 7.48. The van der Waals surface area contributed by atoms with Crippen molar-refractivity contribution in [1.82, 2.24) is 10.1 Å². The highest BCUT2D eigenvalue weighted by Crippen LogP contribution is 2.26. The summed E-state index contributed by atoms with van der Waals surface area (Å²) in [4.78, 5) is 13.2. The molecule has 1 atom stereocenters. The first kappa shape index (κ1) is 16.8. The number of hydrogen-bond donors (Lipinski definition) is 2. The van der Waals surface area contributed by atoms with Crippen LogP contribution in [0.4, 0.5) is 0 Å². The van der Waals surface area contributed by atoms with Gasteiger partial charge in [0.25, 0.3) is 0 Å².